The Bertz CT molecular complexity index is 1610. The molecule has 0 aliphatic rings. The molecule has 0 atom stereocenters. The minimum atomic E-state index is -0.319. The standard InChI is InChI=1S/C27H22F2N4OS/c1-18-25(26(34)33(31(18)2)23-6-4-3-5-7-23)30-27-32(16-19-8-12-21(28)13-9-19)24(17-35-27)20-10-14-22(29)15-11-20/h3-15,17H,16H2,1-2H3. The van der Waals surface area contributed by atoms with Gasteiger partial charge >= 0.3 is 0 Å². The van der Waals surface area contributed by atoms with Crippen molar-refractivity contribution in [3.8, 4) is 16.9 Å². The number of rotatable bonds is 5. The van der Waals surface area contributed by atoms with Crippen LogP contribution in [0.3, 0.4) is 0 Å². The molecular weight excluding hydrogens is 466 g/mol. The summed E-state index contributed by atoms with van der Waals surface area (Å²) in [5.74, 6) is -0.630. The van der Waals surface area contributed by atoms with Gasteiger partial charge in [0.05, 0.1) is 23.6 Å². The summed E-state index contributed by atoms with van der Waals surface area (Å²) in [6.07, 6.45) is 0. The lowest BCUT2D eigenvalue weighted by atomic mass is 10.1. The van der Waals surface area contributed by atoms with Crippen molar-refractivity contribution in [1.29, 1.82) is 0 Å². The largest absolute Gasteiger partial charge is 0.312 e. The van der Waals surface area contributed by atoms with Crippen molar-refractivity contribution in [2.45, 2.75) is 13.5 Å². The van der Waals surface area contributed by atoms with Crippen molar-refractivity contribution < 1.29 is 8.78 Å². The van der Waals surface area contributed by atoms with Gasteiger partial charge in [-0.2, -0.15) is 0 Å². The van der Waals surface area contributed by atoms with E-state index < -0.39 is 0 Å². The molecule has 0 fully saturated rings. The van der Waals surface area contributed by atoms with E-state index in [-0.39, 0.29) is 17.2 Å². The van der Waals surface area contributed by atoms with E-state index >= 15 is 0 Å². The van der Waals surface area contributed by atoms with E-state index in [4.69, 9.17) is 4.99 Å². The van der Waals surface area contributed by atoms with E-state index in [1.165, 1.54) is 35.6 Å². The lowest BCUT2D eigenvalue weighted by Crippen LogP contribution is -2.20. The highest BCUT2D eigenvalue weighted by atomic mass is 32.1. The molecule has 5 nitrogen and oxygen atoms in total. The molecule has 3 aromatic carbocycles. The maximum atomic E-state index is 13.6. The lowest BCUT2D eigenvalue weighted by molar-refractivity contribution is 0.626. The number of benzene rings is 3. The summed E-state index contributed by atoms with van der Waals surface area (Å²) in [4.78, 5) is 18.8. The van der Waals surface area contributed by atoms with Crippen LogP contribution in [0, 0.1) is 18.6 Å². The first-order valence-electron chi connectivity index (χ1n) is 11.0. The third kappa shape index (κ3) is 4.40. The third-order valence-electron chi connectivity index (χ3n) is 5.92. The molecule has 0 spiro atoms. The number of para-hydroxylation sites is 1. The molecule has 0 saturated carbocycles. The molecule has 35 heavy (non-hydrogen) atoms. The van der Waals surface area contributed by atoms with E-state index in [0.717, 1.165) is 28.2 Å². The van der Waals surface area contributed by atoms with Gasteiger partial charge in [0.2, 0.25) is 0 Å². The fourth-order valence-electron chi connectivity index (χ4n) is 3.97. The Morgan fingerprint density at radius 1 is 0.886 bits per heavy atom. The molecule has 5 aromatic rings. The Kier molecular flexibility index (Phi) is 6.05. The highest BCUT2D eigenvalue weighted by Crippen LogP contribution is 2.23. The molecule has 176 valence electrons. The van der Waals surface area contributed by atoms with Crippen LogP contribution in [0.25, 0.3) is 16.9 Å². The summed E-state index contributed by atoms with van der Waals surface area (Å²) in [7, 11) is 1.83. The summed E-state index contributed by atoms with van der Waals surface area (Å²) in [5.41, 5.74) is 4.12. The van der Waals surface area contributed by atoms with Gasteiger partial charge in [-0.05, 0) is 66.6 Å². The van der Waals surface area contributed by atoms with Gasteiger partial charge < -0.3 is 4.57 Å². The summed E-state index contributed by atoms with van der Waals surface area (Å²) in [6.45, 7) is 2.27. The molecule has 0 N–H and O–H groups in total. The van der Waals surface area contributed by atoms with Gasteiger partial charge in [0.25, 0.3) is 5.56 Å². The van der Waals surface area contributed by atoms with Gasteiger partial charge in [-0.15, -0.1) is 11.3 Å². The summed E-state index contributed by atoms with van der Waals surface area (Å²) >= 11 is 1.39. The first-order chi connectivity index (χ1) is 16.9. The van der Waals surface area contributed by atoms with Crippen LogP contribution in [0.15, 0.2) is 94.0 Å². The van der Waals surface area contributed by atoms with Crippen molar-refractivity contribution in [1.82, 2.24) is 13.9 Å². The molecule has 0 aliphatic heterocycles. The Morgan fingerprint density at radius 2 is 1.51 bits per heavy atom. The molecule has 0 saturated heterocycles. The van der Waals surface area contributed by atoms with Gasteiger partial charge in [0.15, 0.2) is 10.5 Å². The van der Waals surface area contributed by atoms with Crippen LogP contribution in [0.2, 0.25) is 0 Å². The van der Waals surface area contributed by atoms with Crippen LogP contribution in [-0.2, 0) is 13.6 Å². The third-order valence-corrected chi connectivity index (χ3v) is 6.79. The van der Waals surface area contributed by atoms with Crippen LogP contribution in [0.1, 0.15) is 11.3 Å². The zero-order chi connectivity index (χ0) is 24.5. The Balaban J connectivity index is 1.69. The average Bonchev–Trinajstić information content (AvgIpc) is 3.35. The van der Waals surface area contributed by atoms with Gasteiger partial charge in [-0.1, -0.05) is 30.3 Å². The summed E-state index contributed by atoms with van der Waals surface area (Å²) in [5, 5.41) is 1.93. The van der Waals surface area contributed by atoms with E-state index in [0.29, 0.717) is 17.0 Å². The normalized spacial score (nSPS) is 11.8. The molecule has 5 rings (SSSR count). The fourth-order valence-corrected chi connectivity index (χ4v) is 4.89. The minimum Gasteiger partial charge on any atom is -0.312 e. The van der Waals surface area contributed by atoms with Gasteiger partial charge in [-0.25, -0.2) is 18.5 Å². The smallest absolute Gasteiger partial charge is 0.297 e. The molecule has 0 bridgehead atoms. The van der Waals surface area contributed by atoms with Crippen LogP contribution < -0.4 is 10.4 Å². The molecule has 8 heteroatoms. The van der Waals surface area contributed by atoms with Gasteiger partial charge in [-0.3, -0.25) is 9.48 Å². The topological polar surface area (TPSA) is 44.2 Å². The van der Waals surface area contributed by atoms with E-state index in [9.17, 15) is 13.6 Å². The second-order valence-corrected chi connectivity index (χ2v) is 8.98. The minimum absolute atomic E-state index is 0.221. The maximum absolute atomic E-state index is 13.6. The van der Waals surface area contributed by atoms with E-state index in [1.54, 1.807) is 33.6 Å². The first kappa shape index (κ1) is 22.7. The quantitative estimate of drug-likeness (QED) is 0.319. The Morgan fingerprint density at radius 3 is 2.17 bits per heavy atom. The lowest BCUT2D eigenvalue weighted by Gasteiger charge is -2.10. The van der Waals surface area contributed by atoms with Gasteiger partial charge in [0, 0.05) is 12.4 Å². The predicted octanol–water partition coefficient (Wildman–Crippen LogP) is 5.57. The molecular formula is C27H22F2N4OS. The number of aromatic nitrogens is 3. The highest BCUT2D eigenvalue weighted by molar-refractivity contribution is 7.07. The zero-order valence-corrected chi connectivity index (χ0v) is 20.0. The Hall–Kier alpha value is -4.04. The van der Waals surface area contributed by atoms with Crippen LogP contribution in [0.4, 0.5) is 14.5 Å². The SMILES string of the molecule is Cc1c(N=c2scc(-c3ccc(F)cc3)n2Cc2ccc(F)cc2)c(=O)n(-c2ccccc2)n1C. The van der Waals surface area contributed by atoms with E-state index in [1.807, 2.05) is 54.3 Å². The average molecular weight is 489 g/mol. The molecule has 2 heterocycles. The van der Waals surface area contributed by atoms with Gasteiger partial charge in [0.1, 0.15) is 11.6 Å². The number of thiazole rings is 1. The maximum Gasteiger partial charge on any atom is 0.297 e. The molecule has 0 radical (unpaired) electrons. The first-order valence-corrected chi connectivity index (χ1v) is 11.9. The summed E-state index contributed by atoms with van der Waals surface area (Å²) < 4.78 is 32.4. The van der Waals surface area contributed by atoms with Crippen LogP contribution in [0.5, 0.6) is 0 Å². The molecule has 2 aromatic heterocycles. The van der Waals surface area contributed by atoms with Crippen molar-refractivity contribution in [2.75, 3.05) is 0 Å². The number of hydrogen-bond acceptors (Lipinski definition) is 3. The number of halogens is 2. The van der Waals surface area contributed by atoms with Crippen molar-refractivity contribution >= 4 is 17.0 Å². The van der Waals surface area contributed by atoms with Crippen molar-refractivity contribution in [3.05, 3.63) is 122 Å². The number of hydrogen-bond donors (Lipinski definition) is 0. The number of nitrogens with zero attached hydrogens (tertiary/aromatic N) is 4. The second kappa shape index (κ2) is 9.31. The molecule has 0 aliphatic carbocycles. The zero-order valence-electron chi connectivity index (χ0n) is 19.2. The Labute approximate surface area is 204 Å². The van der Waals surface area contributed by atoms with Crippen LogP contribution >= 0.6 is 11.3 Å². The fraction of sp³-hybridized carbons (Fsp3) is 0.111. The van der Waals surface area contributed by atoms with E-state index in [2.05, 4.69) is 0 Å². The molecule has 0 amide bonds. The predicted molar refractivity (Wildman–Crippen MR) is 134 cm³/mol. The summed E-state index contributed by atoms with van der Waals surface area (Å²) in [6, 6.07) is 21.9. The second-order valence-electron chi connectivity index (χ2n) is 8.14. The molecule has 0 unspecified atom stereocenters. The van der Waals surface area contributed by atoms with Crippen LogP contribution in [-0.4, -0.2) is 13.9 Å². The monoisotopic (exact) mass is 488 g/mol. The van der Waals surface area contributed by atoms with Crippen molar-refractivity contribution in [3.63, 3.8) is 0 Å². The van der Waals surface area contributed by atoms with Crippen molar-refractivity contribution in [2.24, 2.45) is 12.0 Å². The highest BCUT2D eigenvalue weighted by Gasteiger charge is 2.17.